The van der Waals surface area contributed by atoms with Gasteiger partial charge in [-0.1, -0.05) is 12.1 Å². The van der Waals surface area contributed by atoms with Gasteiger partial charge in [-0.05, 0) is 93.1 Å². The number of anilines is 3. The zero-order chi connectivity index (χ0) is 26.3. The molecule has 0 bridgehead atoms. The average molecular weight is 508 g/mol. The van der Waals surface area contributed by atoms with Gasteiger partial charge in [0, 0.05) is 60.7 Å². The maximum atomic E-state index is 12.9. The van der Waals surface area contributed by atoms with Crippen molar-refractivity contribution in [3.8, 4) is 11.3 Å². The second kappa shape index (κ2) is 11.9. The first-order chi connectivity index (χ1) is 18.5. The van der Waals surface area contributed by atoms with Crippen molar-refractivity contribution in [3.63, 3.8) is 0 Å². The van der Waals surface area contributed by atoms with E-state index in [-0.39, 0.29) is 5.91 Å². The molecule has 5 rings (SSSR count). The van der Waals surface area contributed by atoms with Crippen molar-refractivity contribution in [1.29, 1.82) is 0 Å². The molecule has 2 aromatic heterocycles. The van der Waals surface area contributed by atoms with E-state index in [1.54, 1.807) is 18.6 Å². The number of carbonyl (C=O) groups is 1. The maximum Gasteiger partial charge on any atom is 0.255 e. The quantitative estimate of drug-likeness (QED) is 0.365. The normalized spacial score (nSPS) is 14.6. The molecule has 0 aliphatic carbocycles. The molecule has 0 unspecified atom stereocenters. The minimum atomic E-state index is -0.124. The molecule has 0 radical (unpaired) electrons. The van der Waals surface area contributed by atoms with E-state index in [2.05, 4.69) is 54.6 Å². The van der Waals surface area contributed by atoms with E-state index in [1.807, 2.05) is 55.5 Å². The van der Waals surface area contributed by atoms with Crippen LogP contribution in [0, 0.1) is 6.92 Å². The molecule has 3 heterocycles. The molecule has 1 fully saturated rings. The van der Waals surface area contributed by atoms with Crippen LogP contribution in [0.25, 0.3) is 11.3 Å². The first kappa shape index (κ1) is 25.5. The van der Waals surface area contributed by atoms with Gasteiger partial charge in [0.15, 0.2) is 0 Å². The van der Waals surface area contributed by atoms with Gasteiger partial charge < -0.3 is 15.5 Å². The molecule has 4 aromatic rings. The van der Waals surface area contributed by atoms with Gasteiger partial charge in [-0.3, -0.25) is 14.7 Å². The van der Waals surface area contributed by atoms with Crippen molar-refractivity contribution in [2.75, 3.05) is 43.9 Å². The monoisotopic (exact) mass is 507 g/mol. The summed E-state index contributed by atoms with van der Waals surface area (Å²) < 4.78 is 0. The Morgan fingerprint density at radius 2 is 1.84 bits per heavy atom. The fourth-order valence-electron chi connectivity index (χ4n) is 4.58. The number of nitrogens with zero attached hydrogens (tertiary/aromatic N) is 5. The second-order valence-electron chi connectivity index (χ2n) is 9.75. The van der Waals surface area contributed by atoms with Gasteiger partial charge in [0.05, 0.1) is 5.69 Å². The van der Waals surface area contributed by atoms with Gasteiger partial charge in [-0.2, -0.15) is 0 Å². The molecular formula is C30H33N7O. The zero-order valence-electron chi connectivity index (χ0n) is 21.9. The Bertz CT molecular complexity index is 1380. The fraction of sp³-hybridized carbons (Fsp3) is 0.267. The lowest BCUT2D eigenvalue weighted by Gasteiger charge is -2.20. The maximum absolute atomic E-state index is 12.9. The number of rotatable bonds is 7. The first-order valence-electron chi connectivity index (χ1n) is 13.0. The van der Waals surface area contributed by atoms with Gasteiger partial charge in [-0.25, -0.2) is 9.97 Å². The Morgan fingerprint density at radius 3 is 2.63 bits per heavy atom. The topological polar surface area (TPSA) is 86.3 Å². The van der Waals surface area contributed by atoms with Gasteiger partial charge in [0.1, 0.15) is 0 Å². The molecule has 1 aliphatic rings. The summed E-state index contributed by atoms with van der Waals surface area (Å²) in [5, 5.41) is 6.29. The lowest BCUT2D eigenvalue weighted by atomic mass is 10.1. The van der Waals surface area contributed by atoms with E-state index in [4.69, 9.17) is 0 Å². The summed E-state index contributed by atoms with van der Waals surface area (Å²) in [4.78, 5) is 30.9. The van der Waals surface area contributed by atoms with E-state index >= 15 is 0 Å². The van der Waals surface area contributed by atoms with Crippen LogP contribution in [0.3, 0.4) is 0 Å². The highest BCUT2D eigenvalue weighted by Gasteiger charge is 2.13. The van der Waals surface area contributed by atoms with E-state index in [0.717, 1.165) is 60.9 Å². The Kier molecular flexibility index (Phi) is 8.01. The summed E-state index contributed by atoms with van der Waals surface area (Å²) in [7, 11) is 2.18. The summed E-state index contributed by atoms with van der Waals surface area (Å²) >= 11 is 0. The van der Waals surface area contributed by atoms with Crippen molar-refractivity contribution >= 4 is 23.2 Å². The molecule has 1 amide bonds. The Labute approximate surface area is 223 Å². The number of likely N-dealkylation sites (N-methyl/N-ethyl adjacent to an activating group) is 1. The highest BCUT2D eigenvalue weighted by atomic mass is 16.1. The summed E-state index contributed by atoms with van der Waals surface area (Å²) in [6.07, 6.45) is 6.42. The van der Waals surface area contributed by atoms with Gasteiger partial charge in [0.2, 0.25) is 5.95 Å². The van der Waals surface area contributed by atoms with Crippen LogP contribution in [0.4, 0.5) is 17.3 Å². The highest BCUT2D eigenvalue weighted by molar-refractivity contribution is 6.04. The third kappa shape index (κ3) is 6.59. The van der Waals surface area contributed by atoms with Crippen LogP contribution in [0.2, 0.25) is 0 Å². The molecule has 2 N–H and O–H groups in total. The average Bonchev–Trinajstić information content (AvgIpc) is 3.15. The summed E-state index contributed by atoms with van der Waals surface area (Å²) in [5.41, 5.74) is 6.17. The Balaban J connectivity index is 1.19. The number of benzene rings is 2. The van der Waals surface area contributed by atoms with Crippen molar-refractivity contribution < 1.29 is 4.79 Å². The Morgan fingerprint density at radius 1 is 0.974 bits per heavy atom. The smallest absolute Gasteiger partial charge is 0.255 e. The third-order valence-corrected chi connectivity index (χ3v) is 6.78. The van der Waals surface area contributed by atoms with Crippen LogP contribution in [0.1, 0.15) is 27.9 Å². The third-order valence-electron chi connectivity index (χ3n) is 6.78. The number of amides is 1. The van der Waals surface area contributed by atoms with E-state index in [9.17, 15) is 4.79 Å². The number of aromatic nitrogens is 3. The van der Waals surface area contributed by atoms with Crippen molar-refractivity contribution in [2.24, 2.45) is 0 Å². The van der Waals surface area contributed by atoms with Crippen LogP contribution in [-0.2, 0) is 6.54 Å². The molecule has 1 saturated heterocycles. The van der Waals surface area contributed by atoms with Crippen LogP contribution < -0.4 is 10.6 Å². The number of hydrogen-bond donors (Lipinski definition) is 2. The zero-order valence-corrected chi connectivity index (χ0v) is 21.9. The number of nitrogens with one attached hydrogen (secondary N) is 2. The number of aryl methyl sites for hydroxylation is 1. The molecule has 8 heteroatoms. The minimum absolute atomic E-state index is 0.124. The lowest BCUT2D eigenvalue weighted by molar-refractivity contribution is 0.102. The molecule has 8 nitrogen and oxygen atoms in total. The number of hydrogen-bond acceptors (Lipinski definition) is 7. The van der Waals surface area contributed by atoms with E-state index in [1.165, 1.54) is 12.0 Å². The van der Waals surface area contributed by atoms with Crippen LogP contribution in [-0.4, -0.2) is 63.9 Å². The van der Waals surface area contributed by atoms with Gasteiger partial charge >= 0.3 is 0 Å². The van der Waals surface area contributed by atoms with E-state index < -0.39 is 0 Å². The Hall–Kier alpha value is -4.14. The van der Waals surface area contributed by atoms with Gasteiger partial charge in [0.25, 0.3) is 5.91 Å². The van der Waals surface area contributed by atoms with Crippen molar-refractivity contribution in [1.82, 2.24) is 24.8 Å². The van der Waals surface area contributed by atoms with Gasteiger partial charge in [-0.15, -0.1) is 0 Å². The molecule has 194 valence electrons. The van der Waals surface area contributed by atoms with Crippen LogP contribution in [0.5, 0.6) is 0 Å². The van der Waals surface area contributed by atoms with Crippen LogP contribution in [0.15, 0.2) is 79.3 Å². The second-order valence-corrected chi connectivity index (χ2v) is 9.75. The number of pyridine rings is 1. The molecule has 38 heavy (non-hydrogen) atoms. The van der Waals surface area contributed by atoms with E-state index in [0.29, 0.717) is 11.5 Å². The lowest BCUT2D eigenvalue weighted by Crippen LogP contribution is -2.28. The largest absolute Gasteiger partial charge is 0.324 e. The van der Waals surface area contributed by atoms with Crippen molar-refractivity contribution in [3.05, 3.63) is 95.9 Å². The minimum Gasteiger partial charge on any atom is -0.324 e. The summed E-state index contributed by atoms with van der Waals surface area (Å²) in [6, 6.07) is 19.4. The molecule has 2 aromatic carbocycles. The number of carbonyl (C=O) groups excluding carboxylic acids is 1. The SMILES string of the molecule is Cc1cc(NC(=O)c2ccc(CN3CCCN(C)CC3)cc2)ccc1Nc1nccc(-c2cccnc2)n1. The molecule has 0 saturated carbocycles. The van der Waals surface area contributed by atoms with Crippen molar-refractivity contribution in [2.45, 2.75) is 19.9 Å². The molecular weight excluding hydrogens is 474 g/mol. The molecule has 1 aliphatic heterocycles. The summed E-state index contributed by atoms with van der Waals surface area (Å²) in [5.74, 6) is 0.374. The first-order valence-corrected chi connectivity index (χ1v) is 13.0. The van der Waals surface area contributed by atoms with Crippen LogP contribution >= 0.6 is 0 Å². The molecule has 0 spiro atoms. The highest BCUT2D eigenvalue weighted by Crippen LogP contribution is 2.24. The fourth-order valence-corrected chi connectivity index (χ4v) is 4.58. The predicted molar refractivity (Wildman–Crippen MR) is 152 cm³/mol. The summed E-state index contributed by atoms with van der Waals surface area (Å²) in [6.45, 7) is 7.33. The molecule has 0 atom stereocenters. The predicted octanol–water partition coefficient (Wildman–Crippen LogP) is 4.98. The standard InChI is InChI=1S/C30H33N7O/c1-22-19-26(10-11-27(22)34-30-32-14-12-28(35-30)25-5-3-13-31-20-25)33-29(38)24-8-6-23(7-9-24)21-37-16-4-15-36(2)17-18-37/h3,5-14,19-20H,4,15-18,21H2,1-2H3,(H,33,38)(H,32,34,35).